The highest BCUT2D eigenvalue weighted by Gasteiger charge is 2.18. The lowest BCUT2D eigenvalue weighted by Crippen LogP contribution is -2.10. The number of hydrogen-bond acceptors (Lipinski definition) is 4. The lowest BCUT2D eigenvalue weighted by Gasteiger charge is -2.19. The Labute approximate surface area is 185 Å². The lowest BCUT2D eigenvalue weighted by molar-refractivity contribution is -0.143. The van der Waals surface area contributed by atoms with Gasteiger partial charge in [-0.2, -0.15) is 0 Å². The SMILES string of the molecule is CCOC(=O)CCCCCc1nc(-c2ccccc2)c(-c2ccc(C(C)(C)C)cc2)o1. The molecule has 0 aliphatic rings. The number of unbranched alkanes of at least 4 members (excludes halogenated alkanes) is 2. The zero-order valence-electron chi connectivity index (χ0n) is 19.1. The molecule has 0 unspecified atom stereocenters. The smallest absolute Gasteiger partial charge is 0.305 e. The van der Waals surface area contributed by atoms with E-state index in [2.05, 4.69) is 57.2 Å². The fourth-order valence-corrected chi connectivity index (χ4v) is 3.54. The minimum atomic E-state index is -0.119. The van der Waals surface area contributed by atoms with Gasteiger partial charge in [0.2, 0.25) is 0 Å². The normalized spacial score (nSPS) is 11.5. The monoisotopic (exact) mass is 419 g/mol. The van der Waals surface area contributed by atoms with Gasteiger partial charge in [0.1, 0.15) is 5.69 Å². The van der Waals surface area contributed by atoms with Gasteiger partial charge in [0, 0.05) is 24.0 Å². The van der Waals surface area contributed by atoms with Crippen molar-refractivity contribution in [2.45, 2.75) is 65.2 Å². The van der Waals surface area contributed by atoms with Gasteiger partial charge in [-0.25, -0.2) is 4.98 Å². The first-order valence-corrected chi connectivity index (χ1v) is 11.2. The topological polar surface area (TPSA) is 52.3 Å². The number of hydrogen-bond donors (Lipinski definition) is 0. The van der Waals surface area contributed by atoms with Gasteiger partial charge in [-0.1, -0.05) is 81.8 Å². The molecule has 0 N–H and O–H groups in total. The zero-order chi connectivity index (χ0) is 22.3. The largest absolute Gasteiger partial charge is 0.466 e. The van der Waals surface area contributed by atoms with Gasteiger partial charge in [-0.3, -0.25) is 4.79 Å². The molecule has 4 heteroatoms. The van der Waals surface area contributed by atoms with Crippen molar-refractivity contribution < 1.29 is 13.9 Å². The van der Waals surface area contributed by atoms with Crippen molar-refractivity contribution in [3.8, 4) is 22.6 Å². The van der Waals surface area contributed by atoms with Crippen LogP contribution in [0, 0.1) is 0 Å². The Balaban J connectivity index is 1.75. The number of ether oxygens (including phenoxy) is 1. The summed E-state index contributed by atoms with van der Waals surface area (Å²) in [5.74, 6) is 1.43. The minimum absolute atomic E-state index is 0.108. The molecule has 0 amide bonds. The average molecular weight is 420 g/mol. The molecule has 0 radical (unpaired) electrons. The molecule has 0 aliphatic heterocycles. The van der Waals surface area contributed by atoms with E-state index < -0.39 is 0 Å². The molecule has 3 aromatic rings. The first-order chi connectivity index (χ1) is 14.9. The highest BCUT2D eigenvalue weighted by molar-refractivity contribution is 5.77. The highest BCUT2D eigenvalue weighted by Crippen LogP contribution is 2.34. The molecule has 0 spiro atoms. The molecule has 1 heterocycles. The van der Waals surface area contributed by atoms with Crippen molar-refractivity contribution in [1.29, 1.82) is 0 Å². The summed E-state index contributed by atoms with van der Waals surface area (Å²) in [5, 5.41) is 0. The Kier molecular flexibility index (Phi) is 7.67. The molecule has 2 aromatic carbocycles. The predicted octanol–water partition coefficient (Wildman–Crippen LogP) is 6.97. The summed E-state index contributed by atoms with van der Waals surface area (Å²) in [5.41, 5.74) is 4.36. The summed E-state index contributed by atoms with van der Waals surface area (Å²) in [7, 11) is 0. The van der Waals surface area contributed by atoms with Crippen LogP contribution in [0.4, 0.5) is 0 Å². The van der Waals surface area contributed by atoms with Gasteiger partial charge in [0.15, 0.2) is 11.7 Å². The summed E-state index contributed by atoms with van der Waals surface area (Å²) in [6.45, 7) is 8.92. The van der Waals surface area contributed by atoms with Crippen molar-refractivity contribution in [3.05, 3.63) is 66.1 Å². The fraction of sp³-hybridized carbons (Fsp3) is 0.407. The second-order valence-electron chi connectivity index (χ2n) is 8.84. The van der Waals surface area contributed by atoms with Crippen LogP contribution < -0.4 is 0 Å². The molecular weight excluding hydrogens is 386 g/mol. The van der Waals surface area contributed by atoms with E-state index in [0.29, 0.717) is 13.0 Å². The summed E-state index contributed by atoms with van der Waals surface area (Å²) in [4.78, 5) is 16.3. The highest BCUT2D eigenvalue weighted by atomic mass is 16.5. The maximum Gasteiger partial charge on any atom is 0.305 e. The van der Waals surface area contributed by atoms with E-state index >= 15 is 0 Å². The van der Waals surface area contributed by atoms with Crippen LogP contribution in [0.2, 0.25) is 0 Å². The quantitative estimate of drug-likeness (QED) is 0.277. The van der Waals surface area contributed by atoms with E-state index in [0.717, 1.165) is 54.2 Å². The summed E-state index contributed by atoms with van der Waals surface area (Å²) < 4.78 is 11.2. The average Bonchev–Trinajstić information content (AvgIpc) is 3.18. The standard InChI is InChI=1S/C27H33NO3/c1-5-30-24(29)15-11-7-10-14-23-28-25(20-12-8-6-9-13-20)26(31-23)21-16-18-22(19-17-21)27(2,3)4/h6,8-9,12-13,16-19H,5,7,10-11,14-15H2,1-4H3. The van der Waals surface area contributed by atoms with E-state index in [1.54, 1.807) is 0 Å². The first-order valence-electron chi connectivity index (χ1n) is 11.2. The minimum Gasteiger partial charge on any atom is -0.466 e. The fourth-order valence-electron chi connectivity index (χ4n) is 3.54. The number of rotatable bonds is 9. The number of nitrogens with zero attached hydrogens (tertiary/aromatic N) is 1. The van der Waals surface area contributed by atoms with Crippen LogP contribution in [0.5, 0.6) is 0 Å². The van der Waals surface area contributed by atoms with Crippen molar-refractivity contribution in [2.75, 3.05) is 6.61 Å². The molecule has 4 nitrogen and oxygen atoms in total. The third-order valence-electron chi connectivity index (χ3n) is 5.31. The maximum absolute atomic E-state index is 11.5. The summed E-state index contributed by atoms with van der Waals surface area (Å²) >= 11 is 0. The van der Waals surface area contributed by atoms with Crippen molar-refractivity contribution in [1.82, 2.24) is 4.98 Å². The van der Waals surface area contributed by atoms with Crippen molar-refractivity contribution in [2.24, 2.45) is 0 Å². The molecule has 0 saturated heterocycles. The number of carbonyl (C=O) groups excluding carboxylic acids is 1. The van der Waals surface area contributed by atoms with Crippen molar-refractivity contribution >= 4 is 5.97 Å². The molecule has 0 fully saturated rings. The van der Waals surface area contributed by atoms with E-state index in [9.17, 15) is 4.79 Å². The van der Waals surface area contributed by atoms with E-state index in [-0.39, 0.29) is 11.4 Å². The molecule has 0 saturated carbocycles. The van der Waals surface area contributed by atoms with Gasteiger partial charge in [-0.15, -0.1) is 0 Å². The second kappa shape index (κ2) is 10.4. The molecular formula is C27H33NO3. The maximum atomic E-state index is 11.5. The van der Waals surface area contributed by atoms with Gasteiger partial charge in [-0.05, 0) is 30.7 Å². The third-order valence-corrected chi connectivity index (χ3v) is 5.31. The molecule has 0 aliphatic carbocycles. The summed E-state index contributed by atoms with van der Waals surface area (Å²) in [6.07, 6.45) is 3.92. The molecule has 0 atom stereocenters. The number of aromatic nitrogens is 1. The Morgan fingerprint density at radius 1 is 0.935 bits per heavy atom. The molecule has 0 bridgehead atoms. The molecule has 31 heavy (non-hydrogen) atoms. The number of carbonyl (C=O) groups is 1. The predicted molar refractivity (Wildman–Crippen MR) is 125 cm³/mol. The van der Waals surface area contributed by atoms with Crippen molar-refractivity contribution in [3.63, 3.8) is 0 Å². The Morgan fingerprint density at radius 3 is 2.29 bits per heavy atom. The number of esters is 1. The zero-order valence-corrected chi connectivity index (χ0v) is 19.1. The van der Waals surface area contributed by atoms with Gasteiger partial charge in [0.05, 0.1) is 6.61 Å². The van der Waals surface area contributed by atoms with Crippen LogP contribution >= 0.6 is 0 Å². The van der Waals surface area contributed by atoms with E-state index in [1.165, 1.54) is 5.56 Å². The lowest BCUT2D eigenvalue weighted by atomic mass is 9.86. The number of aryl methyl sites for hydroxylation is 1. The van der Waals surface area contributed by atoms with Crippen LogP contribution in [0.3, 0.4) is 0 Å². The molecule has 164 valence electrons. The van der Waals surface area contributed by atoms with E-state index in [1.807, 2.05) is 25.1 Å². The molecule has 3 rings (SSSR count). The second-order valence-corrected chi connectivity index (χ2v) is 8.84. The van der Waals surface area contributed by atoms with Gasteiger partial charge >= 0.3 is 5.97 Å². The van der Waals surface area contributed by atoms with Crippen LogP contribution in [0.1, 0.15) is 64.8 Å². The Hall–Kier alpha value is -2.88. The Morgan fingerprint density at radius 2 is 1.65 bits per heavy atom. The number of oxazole rings is 1. The number of benzene rings is 2. The van der Waals surface area contributed by atoms with Gasteiger partial charge in [0.25, 0.3) is 0 Å². The van der Waals surface area contributed by atoms with Crippen LogP contribution in [-0.2, 0) is 21.4 Å². The van der Waals surface area contributed by atoms with Crippen LogP contribution in [0.25, 0.3) is 22.6 Å². The van der Waals surface area contributed by atoms with Crippen LogP contribution in [-0.4, -0.2) is 17.6 Å². The Bertz CT molecular complexity index is 966. The van der Waals surface area contributed by atoms with Crippen LogP contribution in [0.15, 0.2) is 59.0 Å². The van der Waals surface area contributed by atoms with Gasteiger partial charge < -0.3 is 9.15 Å². The first kappa shape index (κ1) is 22.8. The van der Waals surface area contributed by atoms with E-state index in [4.69, 9.17) is 14.1 Å². The third kappa shape index (κ3) is 6.30. The molecule has 1 aromatic heterocycles. The summed E-state index contributed by atoms with van der Waals surface area (Å²) in [6, 6.07) is 18.8.